The number of pyridine rings is 1. The van der Waals surface area contributed by atoms with Crippen molar-refractivity contribution in [3.8, 4) is 11.6 Å². The molecule has 1 saturated carbocycles. The van der Waals surface area contributed by atoms with Gasteiger partial charge in [-0.25, -0.2) is 0 Å². The van der Waals surface area contributed by atoms with Gasteiger partial charge in [-0.3, -0.25) is 9.69 Å². The van der Waals surface area contributed by atoms with E-state index in [-0.39, 0.29) is 11.6 Å². The van der Waals surface area contributed by atoms with Gasteiger partial charge in [0.25, 0.3) is 0 Å². The first-order valence-electron chi connectivity index (χ1n) is 6.98. The van der Waals surface area contributed by atoms with Gasteiger partial charge in [0.05, 0.1) is 0 Å². The Kier molecular flexibility index (Phi) is 4.25. The molecule has 0 spiro atoms. The number of anilines is 1. The van der Waals surface area contributed by atoms with Crippen molar-refractivity contribution >= 4 is 23.6 Å². The lowest BCUT2D eigenvalue weighted by Crippen LogP contribution is -2.24. The summed E-state index contributed by atoms with van der Waals surface area (Å²) in [6.07, 6.45) is -1.50. The third kappa shape index (κ3) is 4.01. The normalized spacial score (nSPS) is 14.6. The first-order valence-corrected chi connectivity index (χ1v) is 7.86. The lowest BCUT2D eigenvalue weighted by molar-refractivity contribution is -0.134. The van der Waals surface area contributed by atoms with Crippen molar-refractivity contribution in [3.63, 3.8) is 0 Å². The molecule has 2 aromatic rings. The minimum atomic E-state index is -4.39. The molecule has 0 aliphatic heterocycles. The molecule has 122 valence electrons. The van der Waals surface area contributed by atoms with Crippen molar-refractivity contribution in [1.29, 1.82) is 0 Å². The highest BCUT2D eigenvalue weighted by Crippen LogP contribution is 2.37. The molecule has 0 saturated heterocycles. The Morgan fingerprint density at radius 3 is 2.78 bits per heavy atom. The van der Waals surface area contributed by atoms with Gasteiger partial charge in [-0.15, -0.1) is 11.3 Å². The number of carbonyl (C=O) groups excluding carboxylic acids is 1. The van der Waals surface area contributed by atoms with Crippen LogP contribution in [0, 0.1) is 5.92 Å². The molecule has 4 nitrogen and oxygen atoms in total. The Morgan fingerprint density at radius 1 is 1.39 bits per heavy atom. The molecule has 3 rings (SSSR count). The number of aromatic nitrogens is 1. The predicted molar refractivity (Wildman–Crippen MR) is 79.8 cm³/mol. The van der Waals surface area contributed by atoms with Crippen LogP contribution in [0.15, 0.2) is 29.6 Å². The maximum Gasteiger partial charge on any atom is 0.425 e. The van der Waals surface area contributed by atoms with E-state index in [2.05, 4.69) is 4.98 Å². The van der Waals surface area contributed by atoms with Gasteiger partial charge in [-0.05, 0) is 24.8 Å². The van der Waals surface area contributed by atoms with Crippen molar-refractivity contribution in [3.05, 3.63) is 34.5 Å². The average Bonchev–Trinajstić information content (AvgIpc) is 3.20. The van der Waals surface area contributed by atoms with Gasteiger partial charge < -0.3 is 4.74 Å². The molecule has 0 aromatic carbocycles. The highest BCUT2D eigenvalue weighted by atomic mass is 32.1. The van der Waals surface area contributed by atoms with Gasteiger partial charge in [0.1, 0.15) is 16.4 Å². The second kappa shape index (κ2) is 6.19. The Morgan fingerprint density at radius 2 is 2.17 bits per heavy atom. The summed E-state index contributed by atoms with van der Waals surface area (Å²) in [5.41, 5.74) is 0. The molecular weight excluding hydrogens is 329 g/mol. The molecule has 1 fully saturated rings. The number of halogens is 3. The summed E-state index contributed by atoms with van der Waals surface area (Å²) in [6, 6.07) is 5.78. The second-order valence-corrected chi connectivity index (χ2v) is 6.19. The minimum absolute atomic E-state index is 0.0758. The lowest BCUT2D eigenvalue weighted by atomic mass is 10.3. The fourth-order valence-corrected chi connectivity index (χ4v) is 2.71. The third-order valence-corrected chi connectivity index (χ3v) is 4.31. The summed E-state index contributed by atoms with van der Waals surface area (Å²) in [7, 11) is 0. The standard InChI is InChI=1S/C15H13F3N2O2S/c16-15(17,18)12-6-11(8-23-12)22-14-3-1-2-13(19-14)20(9-21)7-10-4-5-10/h1-3,6,8-10H,4-5,7H2. The summed E-state index contributed by atoms with van der Waals surface area (Å²) >= 11 is 0.563. The predicted octanol–water partition coefficient (Wildman–Crippen LogP) is 4.33. The van der Waals surface area contributed by atoms with Crippen molar-refractivity contribution in [2.45, 2.75) is 19.0 Å². The molecule has 23 heavy (non-hydrogen) atoms. The number of alkyl halides is 3. The number of nitrogens with zero attached hydrogens (tertiary/aromatic N) is 2. The van der Waals surface area contributed by atoms with E-state index in [9.17, 15) is 18.0 Å². The number of ether oxygens (including phenoxy) is 1. The van der Waals surface area contributed by atoms with Crippen LogP contribution in [0.3, 0.4) is 0 Å². The second-order valence-electron chi connectivity index (χ2n) is 5.28. The van der Waals surface area contributed by atoms with Gasteiger partial charge in [0.2, 0.25) is 12.3 Å². The van der Waals surface area contributed by atoms with Crippen LogP contribution in [0.2, 0.25) is 0 Å². The maximum absolute atomic E-state index is 12.6. The first-order chi connectivity index (χ1) is 11.0. The van der Waals surface area contributed by atoms with Gasteiger partial charge in [0, 0.05) is 24.1 Å². The molecule has 1 aliphatic rings. The quantitative estimate of drug-likeness (QED) is 0.734. The van der Waals surface area contributed by atoms with E-state index in [1.807, 2.05) is 0 Å². The molecule has 2 aromatic heterocycles. The number of hydrogen-bond acceptors (Lipinski definition) is 4. The first kappa shape index (κ1) is 15.8. The Balaban J connectivity index is 1.74. The van der Waals surface area contributed by atoms with Gasteiger partial charge in [-0.2, -0.15) is 18.2 Å². The number of amides is 1. The Bertz CT molecular complexity index is 698. The van der Waals surface area contributed by atoms with Crippen LogP contribution in [-0.4, -0.2) is 17.9 Å². The van der Waals surface area contributed by atoms with Crippen LogP contribution in [0.4, 0.5) is 19.0 Å². The largest absolute Gasteiger partial charge is 0.438 e. The Hall–Kier alpha value is -2.09. The summed E-state index contributed by atoms with van der Waals surface area (Å²) < 4.78 is 43.1. The Labute approximate surface area is 134 Å². The average molecular weight is 342 g/mol. The molecule has 0 atom stereocenters. The molecule has 1 amide bonds. The molecule has 0 radical (unpaired) electrons. The molecule has 0 unspecified atom stereocenters. The summed E-state index contributed by atoms with van der Waals surface area (Å²) in [4.78, 5) is 16.1. The molecule has 8 heteroatoms. The minimum Gasteiger partial charge on any atom is -0.438 e. The summed E-state index contributed by atoms with van der Waals surface area (Å²) in [5.74, 6) is 1.15. The highest BCUT2D eigenvalue weighted by Gasteiger charge is 2.32. The summed E-state index contributed by atoms with van der Waals surface area (Å²) in [6.45, 7) is 0.594. The zero-order valence-corrected chi connectivity index (χ0v) is 12.7. The van der Waals surface area contributed by atoms with E-state index in [0.29, 0.717) is 36.0 Å². The lowest BCUT2D eigenvalue weighted by Gasteiger charge is -2.16. The fraction of sp³-hybridized carbons (Fsp3) is 0.333. The van der Waals surface area contributed by atoms with E-state index in [1.54, 1.807) is 12.1 Å². The number of thiophene rings is 1. The van der Waals surface area contributed by atoms with Crippen LogP contribution in [0.25, 0.3) is 0 Å². The molecule has 0 N–H and O–H groups in total. The topological polar surface area (TPSA) is 42.4 Å². The van der Waals surface area contributed by atoms with Crippen molar-refractivity contribution < 1.29 is 22.7 Å². The number of hydrogen-bond donors (Lipinski definition) is 0. The van der Waals surface area contributed by atoms with Crippen LogP contribution in [0.5, 0.6) is 11.6 Å². The molecule has 2 heterocycles. The van der Waals surface area contributed by atoms with Crippen molar-refractivity contribution in [1.82, 2.24) is 4.98 Å². The maximum atomic E-state index is 12.6. The van der Waals surface area contributed by atoms with Gasteiger partial charge in [0.15, 0.2) is 0 Å². The van der Waals surface area contributed by atoms with Crippen molar-refractivity contribution in [2.75, 3.05) is 11.4 Å². The number of carbonyl (C=O) groups is 1. The highest BCUT2D eigenvalue weighted by molar-refractivity contribution is 7.10. The summed E-state index contributed by atoms with van der Waals surface area (Å²) in [5, 5.41) is 1.28. The van der Waals surface area contributed by atoms with Crippen LogP contribution >= 0.6 is 11.3 Å². The molecule has 0 bridgehead atoms. The third-order valence-electron chi connectivity index (χ3n) is 3.36. The zero-order chi connectivity index (χ0) is 16.4. The van der Waals surface area contributed by atoms with Gasteiger partial charge in [-0.1, -0.05) is 6.07 Å². The molecular formula is C15H13F3N2O2S. The van der Waals surface area contributed by atoms with Crippen LogP contribution in [-0.2, 0) is 11.0 Å². The van der Waals surface area contributed by atoms with Crippen LogP contribution < -0.4 is 9.64 Å². The van der Waals surface area contributed by atoms with E-state index in [0.717, 1.165) is 18.9 Å². The van der Waals surface area contributed by atoms with E-state index in [4.69, 9.17) is 4.74 Å². The monoisotopic (exact) mass is 342 g/mol. The number of rotatable bonds is 6. The SMILES string of the molecule is O=CN(CC1CC1)c1cccc(Oc2csc(C(F)(F)F)c2)n1. The smallest absolute Gasteiger partial charge is 0.425 e. The van der Waals surface area contributed by atoms with Crippen LogP contribution in [0.1, 0.15) is 17.7 Å². The van der Waals surface area contributed by atoms with E-state index in [1.165, 1.54) is 16.3 Å². The zero-order valence-electron chi connectivity index (χ0n) is 11.9. The van der Waals surface area contributed by atoms with E-state index < -0.39 is 11.1 Å². The van der Waals surface area contributed by atoms with Gasteiger partial charge >= 0.3 is 6.18 Å². The van der Waals surface area contributed by atoms with Crippen molar-refractivity contribution in [2.24, 2.45) is 5.92 Å². The molecule has 1 aliphatic carbocycles. The van der Waals surface area contributed by atoms with E-state index >= 15 is 0 Å². The fourth-order valence-electron chi connectivity index (χ4n) is 2.03.